The summed E-state index contributed by atoms with van der Waals surface area (Å²) >= 11 is 0.569. The summed E-state index contributed by atoms with van der Waals surface area (Å²) in [7, 11) is 8.85. The molecule has 0 unspecified atom stereocenters. The molecule has 1 aliphatic rings. The summed E-state index contributed by atoms with van der Waals surface area (Å²) in [4.78, 5) is 0. The molecule has 0 atom stereocenters. The van der Waals surface area contributed by atoms with Crippen LogP contribution in [-0.2, 0) is 12.7 Å². The molecule has 0 nitrogen and oxygen atoms in total. The predicted molar refractivity (Wildman–Crippen MR) is 118 cm³/mol. The van der Waals surface area contributed by atoms with Crippen LogP contribution in [0.4, 0.5) is 0 Å². The van der Waals surface area contributed by atoms with Crippen molar-refractivity contribution in [3.05, 3.63) is 115 Å². The first-order chi connectivity index (χ1) is 13.3. The van der Waals surface area contributed by atoms with Crippen LogP contribution in [0.2, 0.25) is 0 Å². The zero-order valence-corrected chi connectivity index (χ0v) is 17.9. The van der Waals surface area contributed by atoms with Gasteiger partial charge in [-0.3, -0.25) is 0 Å². The van der Waals surface area contributed by atoms with Gasteiger partial charge in [-0.1, -0.05) is 109 Å². The Morgan fingerprint density at radius 2 is 1.07 bits per heavy atom. The summed E-state index contributed by atoms with van der Waals surface area (Å²) in [5.74, 6) is 0.388. The molecule has 4 heteroatoms. The molecule has 1 aliphatic carbocycles. The first kappa shape index (κ1) is 20.4. The van der Waals surface area contributed by atoms with E-state index in [2.05, 4.69) is 109 Å². The third-order valence-corrected chi connectivity index (χ3v) is 6.83. The molecule has 3 aromatic rings. The molecule has 0 fully saturated rings. The van der Waals surface area contributed by atoms with Crippen LogP contribution >= 0.6 is 28.3 Å². The van der Waals surface area contributed by atoms with Crippen LogP contribution in [0.1, 0.15) is 11.5 Å². The van der Waals surface area contributed by atoms with E-state index in [4.69, 9.17) is 20.4 Å². The molecule has 0 bridgehead atoms. The normalized spacial score (nSPS) is 13.0. The van der Waals surface area contributed by atoms with Gasteiger partial charge in [0.25, 0.3) is 0 Å². The number of rotatable bonds is 4. The molecule has 0 saturated carbocycles. The summed E-state index contributed by atoms with van der Waals surface area (Å²) < 4.78 is 0. The first-order valence-electron chi connectivity index (χ1n) is 8.51. The Bertz CT molecular complexity index is 843. The Morgan fingerprint density at radius 3 is 1.59 bits per heavy atom. The van der Waals surface area contributed by atoms with Gasteiger partial charge in [0.1, 0.15) is 0 Å². The Hall–Kier alpha value is -1.36. The minimum absolute atomic E-state index is 0.388. The van der Waals surface area contributed by atoms with E-state index >= 15 is 0 Å². The molecular formula is C23H19Cl2NiP. The van der Waals surface area contributed by atoms with Gasteiger partial charge in [-0.2, -0.15) is 0 Å². The summed E-state index contributed by atoms with van der Waals surface area (Å²) in [6, 6.07) is 30.7. The van der Waals surface area contributed by atoms with Gasteiger partial charge < -0.3 is 0 Å². The Morgan fingerprint density at radius 1 is 0.630 bits per heavy atom. The van der Waals surface area contributed by atoms with Crippen molar-refractivity contribution in [1.29, 1.82) is 0 Å². The van der Waals surface area contributed by atoms with E-state index in [1.807, 2.05) is 0 Å². The van der Waals surface area contributed by atoms with Gasteiger partial charge in [0, 0.05) is 5.92 Å². The fourth-order valence-corrected chi connectivity index (χ4v) is 5.71. The maximum atomic E-state index is 4.70. The molecule has 0 saturated heterocycles. The molecule has 0 amide bonds. The fraction of sp³-hybridized carbons (Fsp3) is 0.0435. The molecule has 0 spiro atoms. The van der Waals surface area contributed by atoms with Crippen LogP contribution in [0, 0.1) is 0 Å². The van der Waals surface area contributed by atoms with E-state index in [1.165, 1.54) is 21.5 Å². The summed E-state index contributed by atoms with van der Waals surface area (Å²) in [6.07, 6.45) is 8.86. The number of halogens is 2. The van der Waals surface area contributed by atoms with Crippen LogP contribution in [0.5, 0.6) is 0 Å². The van der Waals surface area contributed by atoms with Crippen molar-refractivity contribution in [3.8, 4) is 0 Å². The van der Waals surface area contributed by atoms with Crippen LogP contribution in [0.25, 0.3) is 0 Å². The zero-order valence-electron chi connectivity index (χ0n) is 14.5. The number of benzene rings is 3. The molecule has 140 valence electrons. The average Bonchev–Trinajstić information content (AvgIpc) is 3.26. The van der Waals surface area contributed by atoms with Crippen molar-refractivity contribution < 1.29 is 12.7 Å². The van der Waals surface area contributed by atoms with E-state index in [-0.39, 0.29) is 0 Å². The van der Waals surface area contributed by atoms with Crippen molar-refractivity contribution in [3.63, 3.8) is 0 Å². The second-order valence-corrected chi connectivity index (χ2v) is 9.72. The molecule has 4 rings (SSSR count). The molecular weight excluding hydrogens is 437 g/mol. The quantitative estimate of drug-likeness (QED) is 0.333. The third-order valence-electron chi connectivity index (χ3n) is 4.31. The molecule has 3 aromatic carbocycles. The second-order valence-electron chi connectivity index (χ2n) is 5.91. The standard InChI is InChI=1S/C23H19P.2ClH.Ni/c1-3-13-20(14-4-1)24(21-15-5-2-6-16-21)23-18-10-9-17-22(23)19-11-7-8-12-19;;;/h1-19H;2*1H;/q;;;+2/p-2. The molecule has 0 radical (unpaired) electrons. The molecule has 27 heavy (non-hydrogen) atoms. The van der Waals surface area contributed by atoms with Crippen molar-refractivity contribution in [1.82, 2.24) is 0 Å². The number of hydrogen-bond donors (Lipinski definition) is 0. The van der Waals surface area contributed by atoms with E-state index in [9.17, 15) is 0 Å². The van der Waals surface area contributed by atoms with Gasteiger partial charge in [0.05, 0.1) is 0 Å². The number of allylic oxidation sites excluding steroid dienone is 4. The van der Waals surface area contributed by atoms with E-state index < -0.39 is 7.92 Å². The molecule has 0 aromatic heterocycles. The van der Waals surface area contributed by atoms with E-state index in [1.54, 1.807) is 0 Å². The van der Waals surface area contributed by atoms with Crippen molar-refractivity contribution in [2.24, 2.45) is 0 Å². The van der Waals surface area contributed by atoms with Crippen LogP contribution in [0.3, 0.4) is 0 Å². The Labute approximate surface area is 177 Å². The molecule has 0 aliphatic heterocycles. The second kappa shape index (κ2) is 10.8. The van der Waals surface area contributed by atoms with E-state index in [0.717, 1.165) is 0 Å². The topological polar surface area (TPSA) is 0 Å². The minimum atomic E-state index is -0.551. The van der Waals surface area contributed by atoms with Gasteiger partial charge in [-0.25, -0.2) is 0 Å². The monoisotopic (exact) mass is 454 g/mol. The fourth-order valence-electron chi connectivity index (χ4n) is 3.19. The summed E-state index contributed by atoms with van der Waals surface area (Å²) in [5.41, 5.74) is 1.42. The van der Waals surface area contributed by atoms with Crippen molar-refractivity contribution in [2.75, 3.05) is 0 Å². The third kappa shape index (κ3) is 5.34. The first-order valence-corrected chi connectivity index (χ1v) is 12.6. The molecule has 0 heterocycles. The number of hydrogen-bond acceptors (Lipinski definition) is 0. The van der Waals surface area contributed by atoms with Crippen molar-refractivity contribution >= 4 is 44.2 Å². The van der Waals surface area contributed by atoms with Gasteiger partial charge in [0.15, 0.2) is 0 Å². The maximum absolute atomic E-state index is 4.70. The van der Waals surface area contributed by atoms with Gasteiger partial charge >= 0.3 is 33.0 Å². The van der Waals surface area contributed by atoms with Gasteiger partial charge in [-0.05, 0) is 29.4 Å². The Kier molecular flexibility index (Phi) is 8.18. The Balaban J connectivity index is 0.000000659. The summed E-state index contributed by atoms with van der Waals surface area (Å²) in [6.45, 7) is 0. The van der Waals surface area contributed by atoms with Gasteiger partial charge in [0.2, 0.25) is 0 Å². The van der Waals surface area contributed by atoms with E-state index in [0.29, 0.717) is 18.6 Å². The van der Waals surface area contributed by atoms with Gasteiger partial charge in [-0.15, -0.1) is 0 Å². The zero-order chi connectivity index (χ0) is 18.9. The van der Waals surface area contributed by atoms with Crippen LogP contribution < -0.4 is 15.9 Å². The summed E-state index contributed by atoms with van der Waals surface area (Å²) in [5, 5.41) is 4.25. The average molecular weight is 456 g/mol. The van der Waals surface area contributed by atoms with Crippen LogP contribution in [-0.4, -0.2) is 0 Å². The SMILES string of the molecule is C1=CC(c2ccccc2P(c2ccccc2)c2ccccc2)C=C1.[Cl][Ni][Cl]. The molecule has 0 N–H and O–H groups in total. The predicted octanol–water partition coefficient (Wildman–Crippen LogP) is 6.03. The van der Waals surface area contributed by atoms with Crippen molar-refractivity contribution in [2.45, 2.75) is 5.92 Å². The van der Waals surface area contributed by atoms with Crippen LogP contribution in [0.15, 0.2) is 109 Å².